The molecule has 2 aliphatic rings. The van der Waals surface area contributed by atoms with Crippen LogP contribution in [0.3, 0.4) is 0 Å². The molecule has 1 fully saturated rings. The SMILES string of the molecule is CCCn1c(CC)c2c3c(cccc31)[C@H]1C[C@H](NC(=O)N(CC)CC)CN(C)[C@@H]1C2. The summed E-state index contributed by atoms with van der Waals surface area (Å²) in [6.07, 6.45) is 4.41. The van der Waals surface area contributed by atoms with E-state index in [0.29, 0.717) is 12.0 Å². The van der Waals surface area contributed by atoms with Crippen LogP contribution < -0.4 is 5.32 Å². The van der Waals surface area contributed by atoms with Gasteiger partial charge in [-0.15, -0.1) is 0 Å². The van der Waals surface area contributed by atoms with Gasteiger partial charge in [0, 0.05) is 60.8 Å². The number of aryl methyl sites for hydroxylation is 1. The quantitative estimate of drug-likeness (QED) is 0.768. The fraction of sp³-hybridized carbons (Fsp3) is 0.640. The molecule has 5 nitrogen and oxygen atoms in total. The first-order valence-corrected chi connectivity index (χ1v) is 11.9. The van der Waals surface area contributed by atoms with Crippen LogP contribution in [-0.2, 0) is 19.4 Å². The van der Waals surface area contributed by atoms with Crippen LogP contribution in [0.4, 0.5) is 4.79 Å². The van der Waals surface area contributed by atoms with E-state index in [1.807, 2.05) is 18.7 Å². The van der Waals surface area contributed by atoms with Crippen LogP contribution in [0.5, 0.6) is 0 Å². The lowest BCUT2D eigenvalue weighted by molar-refractivity contribution is 0.124. The summed E-state index contributed by atoms with van der Waals surface area (Å²) in [5.74, 6) is 0.476. The van der Waals surface area contributed by atoms with E-state index in [4.69, 9.17) is 0 Å². The molecule has 2 aromatic rings. The number of piperidine rings is 1. The third-order valence-corrected chi connectivity index (χ3v) is 7.39. The van der Waals surface area contributed by atoms with E-state index >= 15 is 0 Å². The Balaban J connectivity index is 1.70. The molecule has 2 amide bonds. The van der Waals surface area contributed by atoms with E-state index in [1.165, 1.54) is 22.2 Å². The highest BCUT2D eigenvalue weighted by Gasteiger charge is 2.41. The van der Waals surface area contributed by atoms with Crippen molar-refractivity contribution in [3.8, 4) is 0 Å². The molecule has 1 saturated heterocycles. The van der Waals surface area contributed by atoms with Gasteiger partial charge in [-0.05, 0) is 63.8 Å². The third kappa shape index (κ3) is 3.41. The number of nitrogens with one attached hydrogen (secondary N) is 1. The topological polar surface area (TPSA) is 40.5 Å². The Labute approximate surface area is 181 Å². The molecule has 1 aromatic heterocycles. The molecular weight excluding hydrogens is 372 g/mol. The summed E-state index contributed by atoms with van der Waals surface area (Å²) in [4.78, 5) is 17.1. The maximum atomic E-state index is 12.7. The van der Waals surface area contributed by atoms with Crippen LogP contribution in [0, 0.1) is 0 Å². The van der Waals surface area contributed by atoms with Gasteiger partial charge < -0.3 is 19.7 Å². The number of likely N-dealkylation sites (N-methyl/N-ethyl adjacent to an activating group) is 1. The first kappa shape index (κ1) is 21.2. The smallest absolute Gasteiger partial charge is 0.317 e. The number of aromatic nitrogens is 1. The molecule has 0 unspecified atom stereocenters. The Bertz CT molecular complexity index is 913. The minimum Gasteiger partial charge on any atom is -0.344 e. The average molecular weight is 411 g/mol. The zero-order chi connectivity index (χ0) is 21.4. The molecule has 1 aliphatic heterocycles. The van der Waals surface area contributed by atoms with E-state index in [-0.39, 0.29) is 12.1 Å². The van der Waals surface area contributed by atoms with Crippen molar-refractivity contribution in [3.05, 3.63) is 35.0 Å². The summed E-state index contributed by atoms with van der Waals surface area (Å²) < 4.78 is 2.57. The van der Waals surface area contributed by atoms with E-state index in [9.17, 15) is 4.79 Å². The van der Waals surface area contributed by atoms with E-state index < -0.39 is 0 Å². The van der Waals surface area contributed by atoms with Gasteiger partial charge in [-0.3, -0.25) is 0 Å². The lowest BCUT2D eigenvalue weighted by Crippen LogP contribution is -2.56. The number of hydrogen-bond acceptors (Lipinski definition) is 2. The molecule has 0 radical (unpaired) electrons. The molecule has 2 heterocycles. The highest BCUT2D eigenvalue weighted by Crippen LogP contribution is 2.45. The Morgan fingerprint density at radius 2 is 1.97 bits per heavy atom. The Hall–Kier alpha value is -2.01. The summed E-state index contributed by atoms with van der Waals surface area (Å²) in [5.41, 5.74) is 6.02. The number of carbonyl (C=O) groups is 1. The molecule has 5 heteroatoms. The first-order valence-electron chi connectivity index (χ1n) is 11.9. The number of fused-ring (bicyclic) bond motifs is 2. The van der Waals surface area contributed by atoms with Gasteiger partial charge in [-0.1, -0.05) is 26.0 Å². The second-order valence-electron chi connectivity index (χ2n) is 9.04. The largest absolute Gasteiger partial charge is 0.344 e. The summed E-state index contributed by atoms with van der Waals surface area (Å²) in [5, 5.41) is 4.84. The summed E-state index contributed by atoms with van der Waals surface area (Å²) in [7, 11) is 2.24. The molecule has 1 N–H and O–H groups in total. The third-order valence-electron chi connectivity index (χ3n) is 7.39. The molecule has 1 aliphatic carbocycles. The van der Waals surface area contributed by atoms with Crippen molar-refractivity contribution >= 4 is 16.9 Å². The minimum atomic E-state index is 0.0777. The zero-order valence-electron chi connectivity index (χ0n) is 19.4. The van der Waals surface area contributed by atoms with Gasteiger partial charge >= 0.3 is 6.03 Å². The summed E-state index contributed by atoms with van der Waals surface area (Å²) in [6, 6.07) is 7.70. The number of rotatable bonds is 6. The molecule has 1 aromatic carbocycles. The Morgan fingerprint density at radius 3 is 2.63 bits per heavy atom. The number of urea groups is 1. The minimum absolute atomic E-state index is 0.0777. The standard InChI is InChI=1S/C25H38N4O/c1-6-13-29-21(7-2)20-15-23-19(18-11-10-12-22(29)24(18)20)14-17(16-27(23)5)26-25(30)28(8-3)9-4/h10-12,17,19,23H,6-9,13-16H2,1-5H3,(H,26,30)/t17-,19+,23+/m0/s1. The average Bonchev–Trinajstić information content (AvgIpc) is 3.04. The molecule has 4 rings (SSSR count). The van der Waals surface area contributed by atoms with Gasteiger partial charge in [0.2, 0.25) is 0 Å². The Kier molecular flexibility index (Phi) is 6.10. The van der Waals surface area contributed by atoms with Crippen molar-refractivity contribution < 1.29 is 4.79 Å². The second kappa shape index (κ2) is 8.62. The highest BCUT2D eigenvalue weighted by molar-refractivity contribution is 5.90. The van der Waals surface area contributed by atoms with Crippen LogP contribution in [0.25, 0.3) is 10.9 Å². The maximum absolute atomic E-state index is 12.7. The van der Waals surface area contributed by atoms with Crippen LogP contribution in [0.2, 0.25) is 0 Å². The van der Waals surface area contributed by atoms with Gasteiger partial charge in [-0.25, -0.2) is 4.79 Å². The van der Waals surface area contributed by atoms with Crippen molar-refractivity contribution in [2.45, 2.75) is 77.9 Å². The first-order chi connectivity index (χ1) is 14.5. The fourth-order valence-electron chi connectivity index (χ4n) is 6.03. The van der Waals surface area contributed by atoms with Gasteiger partial charge in [-0.2, -0.15) is 0 Å². The normalized spacial score (nSPS) is 23.4. The van der Waals surface area contributed by atoms with Gasteiger partial charge in [0.25, 0.3) is 0 Å². The fourth-order valence-corrected chi connectivity index (χ4v) is 6.03. The molecule has 30 heavy (non-hydrogen) atoms. The van der Waals surface area contributed by atoms with Crippen LogP contribution in [0.15, 0.2) is 18.2 Å². The predicted molar refractivity (Wildman–Crippen MR) is 124 cm³/mol. The molecule has 0 spiro atoms. The number of amides is 2. The van der Waals surface area contributed by atoms with Gasteiger partial charge in [0.05, 0.1) is 0 Å². The molecule has 0 bridgehead atoms. The van der Waals surface area contributed by atoms with Crippen molar-refractivity contribution in [2.24, 2.45) is 0 Å². The van der Waals surface area contributed by atoms with Crippen LogP contribution in [0.1, 0.15) is 63.3 Å². The van der Waals surface area contributed by atoms with Crippen LogP contribution in [-0.4, -0.2) is 59.2 Å². The van der Waals surface area contributed by atoms with E-state index in [2.05, 4.69) is 53.9 Å². The van der Waals surface area contributed by atoms with Crippen molar-refractivity contribution in [3.63, 3.8) is 0 Å². The van der Waals surface area contributed by atoms with E-state index in [0.717, 1.165) is 51.9 Å². The Morgan fingerprint density at radius 1 is 1.20 bits per heavy atom. The number of nitrogens with zero attached hydrogens (tertiary/aromatic N) is 3. The van der Waals surface area contributed by atoms with Crippen LogP contribution >= 0.6 is 0 Å². The molecular formula is C25H38N4O. The molecule has 3 atom stereocenters. The second-order valence-corrected chi connectivity index (χ2v) is 9.04. The van der Waals surface area contributed by atoms with Crippen molar-refractivity contribution in [1.29, 1.82) is 0 Å². The zero-order valence-corrected chi connectivity index (χ0v) is 19.4. The summed E-state index contributed by atoms with van der Waals surface area (Å²) >= 11 is 0. The van der Waals surface area contributed by atoms with Crippen molar-refractivity contribution in [1.82, 2.24) is 19.7 Å². The van der Waals surface area contributed by atoms with Gasteiger partial charge in [0.1, 0.15) is 0 Å². The molecule has 0 saturated carbocycles. The lowest BCUT2D eigenvalue weighted by Gasteiger charge is -2.46. The van der Waals surface area contributed by atoms with Crippen molar-refractivity contribution in [2.75, 3.05) is 26.7 Å². The van der Waals surface area contributed by atoms with E-state index in [1.54, 1.807) is 5.56 Å². The predicted octanol–water partition coefficient (Wildman–Crippen LogP) is 4.38. The number of carbonyl (C=O) groups excluding carboxylic acids is 1. The van der Waals surface area contributed by atoms with Gasteiger partial charge in [0.15, 0.2) is 0 Å². The molecule has 164 valence electrons. The number of benzene rings is 1. The number of hydrogen-bond donors (Lipinski definition) is 1. The monoisotopic (exact) mass is 410 g/mol. The summed E-state index contributed by atoms with van der Waals surface area (Å²) in [6.45, 7) is 12.2. The maximum Gasteiger partial charge on any atom is 0.317 e. The highest BCUT2D eigenvalue weighted by atomic mass is 16.2. The number of likely N-dealkylation sites (tertiary alicyclic amines) is 1. The lowest BCUT2D eigenvalue weighted by atomic mass is 9.73.